The lowest BCUT2D eigenvalue weighted by molar-refractivity contribution is -0.137. The normalized spacial score (nSPS) is 16.1. The molecule has 0 bridgehead atoms. The second-order valence-corrected chi connectivity index (χ2v) is 8.13. The minimum absolute atomic E-state index is 0.255. The second kappa shape index (κ2) is 9.11. The predicted molar refractivity (Wildman–Crippen MR) is 120 cm³/mol. The molecular formula is C27H26F3N. The maximum absolute atomic E-state index is 13.0. The molecular weight excluding hydrogens is 395 g/mol. The van der Waals surface area contributed by atoms with Crippen LogP contribution in [0.1, 0.15) is 47.2 Å². The Morgan fingerprint density at radius 3 is 2.23 bits per heavy atom. The number of hydrogen-bond donors (Lipinski definition) is 0. The van der Waals surface area contributed by atoms with Crippen LogP contribution in [0.15, 0.2) is 84.9 Å². The zero-order chi connectivity index (χ0) is 21.8. The minimum Gasteiger partial charge on any atom is -0.293 e. The maximum Gasteiger partial charge on any atom is 0.416 e. The molecule has 1 atom stereocenters. The van der Waals surface area contributed by atoms with Crippen molar-refractivity contribution in [3.05, 3.63) is 113 Å². The number of rotatable bonds is 5. The summed E-state index contributed by atoms with van der Waals surface area (Å²) in [6.07, 6.45) is -0.572. The van der Waals surface area contributed by atoms with Crippen LogP contribution >= 0.6 is 0 Å². The summed E-state index contributed by atoms with van der Waals surface area (Å²) in [6.45, 7) is 3.75. The molecule has 0 saturated heterocycles. The molecule has 0 spiro atoms. The molecule has 3 aromatic rings. The van der Waals surface area contributed by atoms with E-state index in [0.29, 0.717) is 5.56 Å². The Kier molecular flexibility index (Phi) is 6.28. The molecule has 0 saturated carbocycles. The Morgan fingerprint density at radius 1 is 0.871 bits per heavy atom. The molecule has 4 rings (SSSR count). The molecule has 0 amide bonds. The van der Waals surface area contributed by atoms with Crippen molar-refractivity contribution >= 4 is 5.57 Å². The SMILES string of the molecule is CC(c1ccc(Cc2ccccc2)cc1)N1CC=C(c2cccc(C(F)(F)F)c2)CC1. The highest BCUT2D eigenvalue weighted by molar-refractivity contribution is 5.67. The topological polar surface area (TPSA) is 3.24 Å². The Labute approximate surface area is 181 Å². The highest BCUT2D eigenvalue weighted by atomic mass is 19.4. The fraction of sp³-hybridized carbons (Fsp3) is 0.259. The Balaban J connectivity index is 1.41. The van der Waals surface area contributed by atoms with Crippen LogP contribution in [-0.2, 0) is 12.6 Å². The Hall–Kier alpha value is -2.85. The summed E-state index contributed by atoms with van der Waals surface area (Å²) in [7, 11) is 0. The molecule has 1 aliphatic heterocycles. The first-order chi connectivity index (χ1) is 14.9. The highest BCUT2D eigenvalue weighted by Gasteiger charge is 2.30. The third-order valence-electron chi connectivity index (χ3n) is 6.06. The van der Waals surface area contributed by atoms with Gasteiger partial charge in [0.25, 0.3) is 0 Å². The van der Waals surface area contributed by atoms with Gasteiger partial charge in [-0.25, -0.2) is 0 Å². The molecule has 1 nitrogen and oxygen atoms in total. The number of halogens is 3. The molecule has 0 fully saturated rings. The molecule has 1 unspecified atom stereocenters. The number of nitrogens with zero attached hydrogens (tertiary/aromatic N) is 1. The van der Waals surface area contributed by atoms with Gasteiger partial charge in [0.15, 0.2) is 0 Å². The summed E-state index contributed by atoms with van der Waals surface area (Å²) in [5.41, 5.74) is 4.92. The number of hydrogen-bond acceptors (Lipinski definition) is 1. The van der Waals surface area contributed by atoms with E-state index in [-0.39, 0.29) is 6.04 Å². The van der Waals surface area contributed by atoms with Crippen LogP contribution in [0.5, 0.6) is 0 Å². The van der Waals surface area contributed by atoms with E-state index in [1.54, 1.807) is 6.07 Å². The van der Waals surface area contributed by atoms with Gasteiger partial charge in [-0.15, -0.1) is 0 Å². The highest BCUT2D eigenvalue weighted by Crippen LogP contribution is 2.33. The van der Waals surface area contributed by atoms with Crippen molar-refractivity contribution in [2.24, 2.45) is 0 Å². The first-order valence-electron chi connectivity index (χ1n) is 10.6. The van der Waals surface area contributed by atoms with Crippen LogP contribution in [0, 0.1) is 0 Å². The molecule has 0 radical (unpaired) electrons. The van der Waals surface area contributed by atoms with Gasteiger partial charge in [-0.1, -0.05) is 72.8 Å². The van der Waals surface area contributed by atoms with Gasteiger partial charge >= 0.3 is 6.18 Å². The second-order valence-electron chi connectivity index (χ2n) is 8.13. The van der Waals surface area contributed by atoms with Gasteiger partial charge in [-0.2, -0.15) is 13.2 Å². The molecule has 0 aromatic heterocycles. The van der Waals surface area contributed by atoms with Gasteiger partial charge in [0, 0.05) is 19.1 Å². The van der Waals surface area contributed by atoms with Crippen LogP contribution in [0.3, 0.4) is 0 Å². The zero-order valence-electron chi connectivity index (χ0n) is 17.6. The molecule has 1 heterocycles. The fourth-order valence-electron chi connectivity index (χ4n) is 4.15. The van der Waals surface area contributed by atoms with Crippen LogP contribution in [-0.4, -0.2) is 18.0 Å². The van der Waals surface area contributed by atoms with Crippen molar-refractivity contribution in [1.82, 2.24) is 4.90 Å². The van der Waals surface area contributed by atoms with Crippen molar-refractivity contribution < 1.29 is 13.2 Å². The molecule has 1 aliphatic rings. The third-order valence-corrected chi connectivity index (χ3v) is 6.06. The van der Waals surface area contributed by atoms with E-state index in [0.717, 1.165) is 37.6 Å². The quantitative estimate of drug-likeness (QED) is 0.423. The van der Waals surface area contributed by atoms with E-state index in [1.807, 2.05) is 6.07 Å². The summed E-state index contributed by atoms with van der Waals surface area (Å²) >= 11 is 0. The first-order valence-corrected chi connectivity index (χ1v) is 10.6. The number of benzene rings is 3. The average Bonchev–Trinajstić information content (AvgIpc) is 2.79. The zero-order valence-corrected chi connectivity index (χ0v) is 17.6. The van der Waals surface area contributed by atoms with Gasteiger partial charge in [0.1, 0.15) is 0 Å². The van der Waals surface area contributed by atoms with Gasteiger partial charge in [-0.3, -0.25) is 4.90 Å². The summed E-state index contributed by atoms with van der Waals surface area (Å²) < 4.78 is 39.0. The Morgan fingerprint density at radius 2 is 1.58 bits per heavy atom. The largest absolute Gasteiger partial charge is 0.416 e. The number of alkyl halides is 3. The predicted octanol–water partition coefficient (Wildman–Crippen LogP) is 7.15. The third kappa shape index (κ3) is 5.26. The van der Waals surface area contributed by atoms with Crippen LogP contribution in [0.25, 0.3) is 5.57 Å². The molecule has 0 aliphatic carbocycles. The standard InChI is InChI=1S/C27H26F3N/c1-20(23-12-10-22(11-13-23)18-21-6-3-2-4-7-21)31-16-14-24(15-17-31)25-8-5-9-26(19-25)27(28,29)30/h2-14,19-20H,15-18H2,1H3. The van der Waals surface area contributed by atoms with E-state index >= 15 is 0 Å². The lowest BCUT2D eigenvalue weighted by Crippen LogP contribution is -2.31. The van der Waals surface area contributed by atoms with Gasteiger partial charge in [-0.05, 0) is 59.7 Å². The van der Waals surface area contributed by atoms with Gasteiger partial charge in [0.05, 0.1) is 5.56 Å². The average molecular weight is 422 g/mol. The van der Waals surface area contributed by atoms with Crippen molar-refractivity contribution in [2.75, 3.05) is 13.1 Å². The lowest BCUT2D eigenvalue weighted by Gasteiger charge is -2.32. The minimum atomic E-state index is -4.31. The maximum atomic E-state index is 13.0. The van der Waals surface area contributed by atoms with Crippen molar-refractivity contribution in [1.29, 1.82) is 0 Å². The van der Waals surface area contributed by atoms with Gasteiger partial charge in [0.2, 0.25) is 0 Å². The van der Waals surface area contributed by atoms with Crippen LogP contribution in [0.2, 0.25) is 0 Å². The summed E-state index contributed by atoms with van der Waals surface area (Å²) in [4.78, 5) is 2.36. The van der Waals surface area contributed by atoms with E-state index in [9.17, 15) is 13.2 Å². The molecule has 160 valence electrons. The Bertz CT molecular complexity index is 1040. The van der Waals surface area contributed by atoms with E-state index in [1.165, 1.54) is 28.8 Å². The molecule has 3 aromatic carbocycles. The van der Waals surface area contributed by atoms with Gasteiger partial charge < -0.3 is 0 Å². The lowest BCUT2D eigenvalue weighted by atomic mass is 9.95. The van der Waals surface area contributed by atoms with E-state index < -0.39 is 11.7 Å². The molecule has 0 N–H and O–H groups in total. The fourth-order valence-corrected chi connectivity index (χ4v) is 4.15. The molecule has 31 heavy (non-hydrogen) atoms. The van der Waals surface area contributed by atoms with Crippen LogP contribution in [0.4, 0.5) is 13.2 Å². The van der Waals surface area contributed by atoms with Crippen molar-refractivity contribution in [2.45, 2.75) is 32.0 Å². The monoisotopic (exact) mass is 421 g/mol. The first kappa shape index (κ1) is 21.4. The van der Waals surface area contributed by atoms with Crippen molar-refractivity contribution in [3.63, 3.8) is 0 Å². The summed E-state index contributed by atoms with van der Waals surface area (Å²) in [5.74, 6) is 0. The van der Waals surface area contributed by atoms with E-state index in [4.69, 9.17) is 0 Å². The summed E-state index contributed by atoms with van der Waals surface area (Å²) in [6, 6.07) is 25.1. The summed E-state index contributed by atoms with van der Waals surface area (Å²) in [5, 5.41) is 0. The molecule has 4 heteroatoms. The smallest absolute Gasteiger partial charge is 0.293 e. The van der Waals surface area contributed by atoms with Crippen molar-refractivity contribution in [3.8, 4) is 0 Å². The van der Waals surface area contributed by atoms with E-state index in [2.05, 4.69) is 66.4 Å². The van der Waals surface area contributed by atoms with Crippen LogP contribution < -0.4 is 0 Å².